The molecule has 0 atom stereocenters. The number of nitriles is 1. The van der Waals surface area contributed by atoms with E-state index < -0.39 is 5.09 Å². The maximum atomic E-state index is 8.36. The Morgan fingerprint density at radius 3 is 2.08 bits per heavy atom. The fraction of sp³-hybridized carbons (Fsp3) is 0. The fourth-order valence-corrected chi connectivity index (χ4v) is 0.513. The van der Waals surface area contributed by atoms with Gasteiger partial charge in [0.1, 0.15) is 0 Å². The highest BCUT2D eigenvalue weighted by molar-refractivity contribution is 5.27. The smallest absolute Gasteiger partial charge is 0.291 e. The molecule has 0 fully saturated rings. The summed E-state index contributed by atoms with van der Waals surface area (Å²) in [6.45, 7) is 0. The molecule has 0 saturated heterocycles. The van der Waals surface area contributed by atoms with Crippen LogP contribution in [0.15, 0.2) is 30.3 Å². The second kappa shape index (κ2) is 5.68. The summed E-state index contributed by atoms with van der Waals surface area (Å²) in [4.78, 5) is 8.36. The Morgan fingerprint density at radius 2 is 1.83 bits per heavy atom. The standard InChI is InChI=1S/C7H5N.HNO3/c8-6-7-4-2-1-3-5-7;2-1(3)4/h1-5H;(H,2,3,4). The van der Waals surface area contributed by atoms with Crippen LogP contribution in [0.25, 0.3) is 0 Å². The molecule has 1 aromatic rings. The van der Waals surface area contributed by atoms with Crippen molar-refractivity contribution in [3.63, 3.8) is 0 Å². The molecule has 0 heterocycles. The molecule has 5 heteroatoms. The van der Waals surface area contributed by atoms with Crippen molar-refractivity contribution >= 4 is 0 Å². The highest BCUT2D eigenvalue weighted by Crippen LogP contribution is 1.92. The van der Waals surface area contributed by atoms with E-state index >= 15 is 0 Å². The van der Waals surface area contributed by atoms with Crippen LogP contribution in [0.2, 0.25) is 0 Å². The summed E-state index contributed by atoms with van der Waals surface area (Å²) in [6, 6.07) is 11.2. The summed E-state index contributed by atoms with van der Waals surface area (Å²) < 4.78 is 0. The van der Waals surface area contributed by atoms with E-state index in [0.29, 0.717) is 5.56 Å². The lowest BCUT2D eigenvalue weighted by Gasteiger charge is -1.80. The van der Waals surface area contributed by atoms with Gasteiger partial charge in [-0.2, -0.15) is 5.26 Å². The van der Waals surface area contributed by atoms with Crippen LogP contribution < -0.4 is 0 Å². The van der Waals surface area contributed by atoms with Gasteiger partial charge in [-0.25, -0.2) is 0 Å². The maximum Gasteiger partial charge on any atom is 0.291 e. The van der Waals surface area contributed by atoms with E-state index in [-0.39, 0.29) is 0 Å². The normalized spacial score (nSPS) is 7.25. The molecule has 12 heavy (non-hydrogen) atoms. The van der Waals surface area contributed by atoms with Crippen molar-refractivity contribution in [2.24, 2.45) is 0 Å². The molecule has 0 spiro atoms. The Morgan fingerprint density at radius 1 is 1.42 bits per heavy atom. The molecule has 0 aliphatic heterocycles. The van der Waals surface area contributed by atoms with E-state index in [0.717, 1.165) is 0 Å². The zero-order chi connectivity index (χ0) is 9.40. The van der Waals surface area contributed by atoms with Gasteiger partial charge in [0, 0.05) is 0 Å². The summed E-state index contributed by atoms with van der Waals surface area (Å²) in [5.41, 5.74) is 0.715. The molecule has 62 valence electrons. The van der Waals surface area contributed by atoms with Crippen LogP contribution in [-0.4, -0.2) is 10.3 Å². The lowest BCUT2D eigenvalue weighted by molar-refractivity contribution is -0.742. The monoisotopic (exact) mass is 166 g/mol. The first-order chi connectivity index (χ1) is 5.66. The van der Waals surface area contributed by atoms with Crippen LogP contribution in [0, 0.1) is 21.4 Å². The molecule has 1 N–H and O–H groups in total. The SMILES string of the molecule is N#Cc1ccccc1.O=[N+]([O-])O. The van der Waals surface area contributed by atoms with Gasteiger partial charge in [-0.1, -0.05) is 18.2 Å². The van der Waals surface area contributed by atoms with E-state index in [1.54, 1.807) is 12.1 Å². The molecule has 0 aliphatic rings. The van der Waals surface area contributed by atoms with Gasteiger partial charge in [-0.15, -0.1) is 10.1 Å². The van der Waals surface area contributed by atoms with Crippen LogP contribution >= 0.6 is 0 Å². The molecular formula is C7H6N2O3. The van der Waals surface area contributed by atoms with Crippen LogP contribution in [0.1, 0.15) is 5.56 Å². The van der Waals surface area contributed by atoms with Gasteiger partial charge < -0.3 is 5.21 Å². The van der Waals surface area contributed by atoms with Crippen molar-refractivity contribution in [3.05, 3.63) is 46.0 Å². The van der Waals surface area contributed by atoms with E-state index in [4.69, 9.17) is 20.6 Å². The summed E-state index contributed by atoms with van der Waals surface area (Å²) in [6.07, 6.45) is 0. The Kier molecular flexibility index (Phi) is 4.69. The molecule has 5 nitrogen and oxygen atoms in total. The van der Waals surface area contributed by atoms with Crippen molar-refractivity contribution in [1.29, 1.82) is 5.26 Å². The minimum absolute atomic E-state index is 0.715. The fourth-order valence-electron chi connectivity index (χ4n) is 0.513. The molecule has 0 aromatic heterocycles. The zero-order valence-electron chi connectivity index (χ0n) is 6.04. The molecule has 1 aromatic carbocycles. The quantitative estimate of drug-likeness (QED) is 0.463. The minimum Gasteiger partial charge on any atom is -0.328 e. The molecule has 0 saturated carbocycles. The molecule has 0 bridgehead atoms. The van der Waals surface area contributed by atoms with Gasteiger partial charge >= 0.3 is 0 Å². The third-order valence-corrected chi connectivity index (χ3v) is 0.903. The van der Waals surface area contributed by atoms with E-state index in [9.17, 15) is 0 Å². The summed E-state index contributed by atoms with van der Waals surface area (Å²) in [5.74, 6) is 0. The van der Waals surface area contributed by atoms with Crippen LogP contribution in [0.4, 0.5) is 0 Å². The second-order valence-corrected chi connectivity index (χ2v) is 1.72. The van der Waals surface area contributed by atoms with Crippen LogP contribution in [-0.2, 0) is 0 Å². The van der Waals surface area contributed by atoms with Gasteiger partial charge in [-0.05, 0) is 12.1 Å². The van der Waals surface area contributed by atoms with Gasteiger partial charge in [0.25, 0.3) is 5.09 Å². The van der Waals surface area contributed by atoms with Gasteiger partial charge in [0.05, 0.1) is 11.6 Å². The predicted octanol–water partition coefficient (Wildman–Crippen LogP) is 1.21. The number of nitrogens with zero attached hydrogens (tertiary/aromatic N) is 2. The lowest BCUT2D eigenvalue weighted by atomic mass is 10.2. The lowest BCUT2D eigenvalue weighted by Crippen LogP contribution is -1.81. The third kappa shape index (κ3) is 6.04. The van der Waals surface area contributed by atoms with E-state index in [1.165, 1.54) is 0 Å². The second-order valence-electron chi connectivity index (χ2n) is 1.72. The molecule has 0 radical (unpaired) electrons. The molecule has 1 rings (SSSR count). The third-order valence-electron chi connectivity index (χ3n) is 0.903. The summed E-state index contributed by atoms with van der Waals surface area (Å²) >= 11 is 0. The predicted molar refractivity (Wildman–Crippen MR) is 39.9 cm³/mol. The molecule has 0 unspecified atom stereocenters. The summed E-state index contributed by atoms with van der Waals surface area (Å²) in [5, 5.41) is 21.9. The number of hydrogen-bond donors (Lipinski definition) is 1. The molecular weight excluding hydrogens is 160 g/mol. The van der Waals surface area contributed by atoms with Gasteiger partial charge in [0.15, 0.2) is 0 Å². The van der Waals surface area contributed by atoms with Crippen LogP contribution in [0.3, 0.4) is 0 Å². The van der Waals surface area contributed by atoms with Crippen molar-refractivity contribution < 1.29 is 10.3 Å². The summed E-state index contributed by atoms with van der Waals surface area (Å²) in [7, 11) is 0. The van der Waals surface area contributed by atoms with Crippen molar-refractivity contribution in [3.8, 4) is 6.07 Å². The first-order valence-corrected chi connectivity index (χ1v) is 2.95. The zero-order valence-corrected chi connectivity index (χ0v) is 6.04. The Hall–Kier alpha value is -2.09. The number of hydrogen-bond acceptors (Lipinski definition) is 3. The number of rotatable bonds is 0. The topological polar surface area (TPSA) is 87.2 Å². The van der Waals surface area contributed by atoms with Crippen molar-refractivity contribution in [2.75, 3.05) is 0 Å². The van der Waals surface area contributed by atoms with Crippen molar-refractivity contribution in [1.82, 2.24) is 0 Å². The number of benzene rings is 1. The largest absolute Gasteiger partial charge is 0.328 e. The van der Waals surface area contributed by atoms with Gasteiger partial charge in [-0.3, -0.25) is 0 Å². The first kappa shape index (κ1) is 9.91. The Bertz CT molecular complexity index is 274. The maximum absolute atomic E-state index is 8.36. The average Bonchev–Trinajstić information content (AvgIpc) is 2.05. The Labute approximate surface area is 68.6 Å². The average molecular weight is 166 g/mol. The van der Waals surface area contributed by atoms with E-state index in [2.05, 4.69) is 0 Å². The highest BCUT2D eigenvalue weighted by atomic mass is 16.9. The van der Waals surface area contributed by atoms with Crippen molar-refractivity contribution in [2.45, 2.75) is 0 Å². The highest BCUT2D eigenvalue weighted by Gasteiger charge is 1.79. The molecule has 0 amide bonds. The van der Waals surface area contributed by atoms with Crippen LogP contribution in [0.5, 0.6) is 0 Å². The minimum atomic E-state index is -1.50. The molecule has 0 aliphatic carbocycles. The first-order valence-electron chi connectivity index (χ1n) is 2.95. The van der Waals surface area contributed by atoms with Gasteiger partial charge in [0.2, 0.25) is 0 Å². The Balaban J connectivity index is 0.000000261. The van der Waals surface area contributed by atoms with E-state index in [1.807, 2.05) is 24.3 Å².